The molecular formula is C20H26ClN3O2S. The van der Waals surface area contributed by atoms with Crippen LogP contribution in [0.5, 0.6) is 0 Å². The molecular weight excluding hydrogens is 382 g/mol. The molecule has 0 amide bonds. The monoisotopic (exact) mass is 407 g/mol. The molecule has 146 valence electrons. The molecule has 0 aliphatic carbocycles. The fourth-order valence-corrected chi connectivity index (χ4v) is 4.35. The Balaban J connectivity index is 1.90. The van der Waals surface area contributed by atoms with Gasteiger partial charge in [-0.25, -0.2) is 8.42 Å². The summed E-state index contributed by atoms with van der Waals surface area (Å²) in [6.07, 6.45) is 1.49. The number of halogens is 1. The molecule has 0 aliphatic rings. The van der Waals surface area contributed by atoms with Gasteiger partial charge in [-0.3, -0.25) is 4.99 Å². The van der Waals surface area contributed by atoms with Crippen LogP contribution in [0.15, 0.2) is 64.5 Å². The Morgan fingerprint density at radius 3 is 2.37 bits per heavy atom. The minimum Gasteiger partial charge on any atom is -0.356 e. The molecule has 0 saturated heterocycles. The van der Waals surface area contributed by atoms with Crippen LogP contribution in [0.4, 0.5) is 0 Å². The molecule has 27 heavy (non-hydrogen) atoms. The standard InChI is InChI=1S/C20H26ClN3O2S/c1-3-18(15-27(25,26)19-7-5-4-6-8-19)24-20(22-2)23-14-13-16-9-11-17(21)12-10-16/h4-12,18H,3,13-15H2,1-2H3,(H2,22,23,24). The van der Waals surface area contributed by atoms with Gasteiger partial charge in [0, 0.05) is 24.7 Å². The fraction of sp³-hybridized carbons (Fsp3) is 0.350. The third kappa shape index (κ3) is 6.88. The van der Waals surface area contributed by atoms with Crippen molar-refractivity contribution in [1.29, 1.82) is 0 Å². The first-order valence-electron chi connectivity index (χ1n) is 8.94. The molecule has 1 unspecified atom stereocenters. The van der Waals surface area contributed by atoms with Crippen molar-refractivity contribution in [2.45, 2.75) is 30.7 Å². The van der Waals surface area contributed by atoms with Gasteiger partial charge in [0.2, 0.25) is 0 Å². The van der Waals surface area contributed by atoms with Crippen LogP contribution >= 0.6 is 11.6 Å². The number of sulfone groups is 1. The molecule has 0 heterocycles. The van der Waals surface area contributed by atoms with Crippen LogP contribution in [0.2, 0.25) is 5.02 Å². The van der Waals surface area contributed by atoms with E-state index in [0.717, 1.165) is 11.4 Å². The van der Waals surface area contributed by atoms with Crippen molar-refractivity contribution in [3.8, 4) is 0 Å². The molecule has 2 aromatic rings. The number of guanidine groups is 1. The number of rotatable bonds is 8. The van der Waals surface area contributed by atoms with Crippen molar-refractivity contribution in [3.05, 3.63) is 65.2 Å². The zero-order valence-electron chi connectivity index (χ0n) is 15.7. The summed E-state index contributed by atoms with van der Waals surface area (Å²) in [5.41, 5.74) is 1.17. The highest BCUT2D eigenvalue weighted by atomic mass is 35.5. The summed E-state index contributed by atoms with van der Waals surface area (Å²) in [5.74, 6) is 0.616. The Morgan fingerprint density at radius 2 is 1.78 bits per heavy atom. The highest BCUT2D eigenvalue weighted by Gasteiger charge is 2.20. The third-order valence-corrected chi connectivity index (χ3v) is 6.28. The van der Waals surface area contributed by atoms with Gasteiger partial charge in [-0.2, -0.15) is 0 Å². The van der Waals surface area contributed by atoms with E-state index in [1.807, 2.05) is 31.2 Å². The highest BCUT2D eigenvalue weighted by molar-refractivity contribution is 7.91. The van der Waals surface area contributed by atoms with Gasteiger partial charge in [0.25, 0.3) is 0 Å². The minimum atomic E-state index is -3.35. The van der Waals surface area contributed by atoms with Crippen LogP contribution in [0.3, 0.4) is 0 Å². The van der Waals surface area contributed by atoms with E-state index >= 15 is 0 Å². The number of nitrogens with one attached hydrogen (secondary N) is 2. The lowest BCUT2D eigenvalue weighted by molar-refractivity contribution is 0.569. The first kappa shape index (κ1) is 21.3. The number of nitrogens with zero attached hydrogens (tertiary/aromatic N) is 1. The van der Waals surface area contributed by atoms with Crippen LogP contribution in [-0.2, 0) is 16.3 Å². The lowest BCUT2D eigenvalue weighted by Gasteiger charge is -2.20. The highest BCUT2D eigenvalue weighted by Crippen LogP contribution is 2.12. The van der Waals surface area contributed by atoms with Gasteiger partial charge >= 0.3 is 0 Å². The number of aliphatic imine (C=N–C) groups is 1. The van der Waals surface area contributed by atoms with Gasteiger partial charge in [0.05, 0.1) is 10.6 Å². The van der Waals surface area contributed by atoms with E-state index in [1.54, 1.807) is 37.4 Å². The normalized spacial score (nSPS) is 13.2. The molecule has 0 fully saturated rings. The maximum atomic E-state index is 12.6. The van der Waals surface area contributed by atoms with E-state index in [1.165, 1.54) is 5.56 Å². The van der Waals surface area contributed by atoms with Gasteiger partial charge in [-0.1, -0.05) is 48.9 Å². The maximum Gasteiger partial charge on any atom is 0.191 e. The van der Waals surface area contributed by atoms with Crippen molar-refractivity contribution >= 4 is 27.4 Å². The Hall–Kier alpha value is -2.05. The molecule has 0 aromatic heterocycles. The molecule has 2 aromatic carbocycles. The van der Waals surface area contributed by atoms with Crippen molar-refractivity contribution in [3.63, 3.8) is 0 Å². The average Bonchev–Trinajstić information content (AvgIpc) is 2.68. The van der Waals surface area contributed by atoms with Crippen molar-refractivity contribution in [1.82, 2.24) is 10.6 Å². The predicted molar refractivity (Wildman–Crippen MR) is 112 cm³/mol. The summed E-state index contributed by atoms with van der Waals surface area (Å²) < 4.78 is 25.2. The average molecular weight is 408 g/mol. The quantitative estimate of drug-likeness (QED) is 0.520. The summed E-state index contributed by atoms with van der Waals surface area (Å²) in [6.45, 7) is 2.64. The largest absolute Gasteiger partial charge is 0.356 e. The maximum absolute atomic E-state index is 12.6. The first-order valence-corrected chi connectivity index (χ1v) is 11.0. The van der Waals surface area contributed by atoms with Crippen LogP contribution in [0.1, 0.15) is 18.9 Å². The van der Waals surface area contributed by atoms with Gasteiger partial charge < -0.3 is 10.6 Å². The molecule has 2 N–H and O–H groups in total. The third-order valence-electron chi connectivity index (χ3n) is 4.20. The second-order valence-corrected chi connectivity index (χ2v) is 8.69. The van der Waals surface area contributed by atoms with Gasteiger partial charge in [-0.05, 0) is 42.7 Å². The summed E-state index contributed by atoms with van der Waals surface area (Å²) in [6, 6.07) is 16.0. The van der Waals surface area contributed by atoms with Crippen LogP contribution in [-0.4, -0.2) is 39.8 Å². The topological polar surface area (TPSA) is 70.6 Å². The van der Waals surface area contributed by atoms with Gasteiger partial charge in [0.1, 0.15) is 0 Å². The van der Waals surface area contributed by atoms with Crippen molar-refractivity contribution in [2.75, 3.05) is 19.3 Å². The minimum absolute atomic E-state index is 0.0192. The Bertz CT molecular complexity index is 837. The van der Waals surface area contributed by atoms with E-state index in [0.29, 0.717) is 23.8 Å². The van der Waals surface area contributed by atoms with E-state index < -0.39 is 9.84 Å². The molecule has 0 spiro atoms. The van der Waals surface area contributed by atoms with E-state index in [2.05, 4.69) is 15.6 Å². The SMILES string of the molecule is CCC(CS(=O)(=O)c1ccccc1)NC(=NC)NCCc1ccc(Cl)cc1. The number of hydrogen-bond donors (Lipinski definition) is 2. The lowest BCUT2D eigenvalue weighted by atomic mass is 10.1. The molecule has 7 heteroatoms. The smallest absolute Gasteiger partial charge is 0.191 e. The lowest BCUT2D eigenvalue weighted by Crippen LogP contribution is -2.46. The van der Waals surface area contributed by atoms with Crippen molar-refractivity contribution < 1.29 is 8.42 Å². The van der Waals surface area contributed by atoms with E-state index in [-0.39, 0.29) is 11.8 Å². The Labute approximate surface area is 166 Å². The number of benzene rings is 2. The molecule has 2 rings (SSSR count). The fourth-order valence-electron chi connectivity index (χ4n) is 2.61. The second kappa shape index (κ2) is 10.3. The Morgan fingerprint density at radius 1 is 1.11 bits per heavy atom. The molecule has 1 atom stereocenters. The molecule has 5 nitrogen and oxygen atoms in total. The first-order chi connectivity index (χ1) is 12.9. The molecule has 0 aliphatic heterocycles. The molecule has 0 bridgehead atoms. The predicted octanol–water partition coefficient (Wildman–Crippen LogP) is 3.30. The second-order valence-electron chi connectivity index (χ2n) is 6.22. The van der Waals surface area contributed by atoms with E-state index in [9.17, 15) is 8.42 Å². The zero-order chi connectivity index (χ0) is 19.7. The molecule has 0 radical (unpaired) electrons. The van der Waals surface area contributed by atoms with E-state index in [4.69, 9.17) is 11.6 Å². The Kier molecular flexibility index (Phi) is 8.13. The van der Waals surface area contributed by atoms with Crippen molar-refractivity contribution in [2.24, 2.45) is 4.99 Å². The summed E-state index contributed by atoms with van der Waals surface area (Å²) >= 11 is 5.90. The summed E-state index contributed by atoms with van der Waals surface area (Å²) in [4.78, 5) is 4.55. The zero-order valence-corrected chi connectivity index (χ0v) is 17.2. The van der Waals surface area contributed by atoms with Gasteiger partial charge in [0.15, 0.2) is 15.8 Å². The van der Waals surface area contributed by atoms with Crippen LogP contribution in [0, 0.1) is 0 Å². The van der Waals surface area contributed by atoms with Crippen LogP contribution in [0.25, 0.3) is 0 Å². The summed E-state index contributed by atoms with van der Waals surface area (Å²) in [7, 11) is -1.67. The van der Waals surface area contributed by atoms with Crippen LogP contribution < -0.4 is 10.6 Å². The molecule has 0 saturated carbocycles. The van der Waals surface area contributed by atoms with Gasteiger partial charge in [-0.15, -0.1) is 0 Å². The number of hydrogen-bond acceptors (Lipinski definition) is 3. The summed E-state index contributed by atoms with van der Waals surface area (Å²) in [5, 5.41) is 7.16.